The van der Waals surface area contributed by atoms with Gasteiger partial charge in [-0.15, -0.1) is 0 Å². The molecule has 1 aromatic heterocycles. The summed E-state index contributed by atoms with van der Waals surface area (Å²) >= 11 is 0. The van der Waals surface area contributed by atoms with Crippen molar-refractivity contribution in [3.8, 4) is 5.88 Å². The molecule has 2 N–H and O–H groups in total. The zero-order chi connectivity index (χ0) is 22.1. The number of carbonyl (C=O) groups is 1. The van der Waals surface area contributed by atoms with Crippen molar-refractivity contribution in [2.24, 2.45) is 11.3 Å². The van der Waals surface area contributed by atoms with E-state index in [1.807, 2.05) is 0 Å². The number of amides is 1. The quantitative estimate of drug-likeness (QED) is 0.777. The first kappa shape index (κ1) is 22.6. The minimum atomic E-state index is -0.657. The maximum atomic E-state index is 13.5. The van der Waals surface area contributed by atoms with Crippen LogP contribution >= 0.6 is 0 Å². The molecule has 7 heteroatoms. The van der Waals surface area contributed by atoms with Crippen LogP contribution in [0.5, 0.6) is 5.88 Å². The lowest BCUT2D eigenvalue weighted by atomic mass is 9.71. The van der Waals surface area contributed by atoms with Crippen molar-refractivity contribution < 1.29 is 9.90 Å². The van der Waals surface area contributed by atoms with Gasteiger partial charge in [0.15, 0.2) is 5.56 Å². The largest absolute Gasteiger partial charge is 0.494 e. The standard InChI is InChI=1S/C23H37N3O4/c1-5-24-19(27)18-20(28)25(16-9-7-6-8-10-16)22(30)26(21(18)29)17-13-11-15(12-14-17)23(2,3)4/h15-17,29H,5-14H2,1-4H3,(H,24,27). The summed E-state index contributed by atoms with van der Waals surface area (Å²) in [7, 11) is 0. The first-order chi connectivity index (χ1) is 14.2. The predicted molar refractivity (Wildman–Crippen MR) is 117 cm³/mol. The monoisotopic (exact) mass is 419 g/mol. The molecular weight excluding hydrogens is 382 g/mol. The number of nitrogens with zero attached hydrogens (tertiary/aromatic N) is 2. The first-order valence-electron chi connectivity index (χ1n) is 11.5. The van der Waals surface area contributed by atoms with Crippen LogP contribution in [0.4, 0.5) is 0 Å². The van der Waals surface area contributed by atoms with Gasteiger partial charge in [-0.1, -0.05) is 40.0 Å². The highest BCUT2D eigenvalue weighted by Crippen LogP contribution is 2.42. The van der Waals surface area contributed by atoms with Crippen molar-refractivity contribution in [2.45, 2.75) is 97.6 Å². The Bertz CT molecular complexity index is 879. The highest BCUT2D eigenvalue weighted by molar-refractivity contribution is 5.95. The van der Waals surface area contributed by atoms with Crippen LogP contribution in [-0.4, -0.2) is 26.7 Å². The number of aromatic hydroxyl groups is 1. The van der Waals surface area contributed by atoms with Gasteiger partial charge in [-0.25, -0.2) is 4.79 Å². The summed E-state index contributed by atoms with van der Waals surface area (Å²) in [6.07, 6.45) is 7.96. The summed E-state index contributed by atoms with van der Waals surface area (Å²) in [4.78, 5) is 39.3. The summed E-state index contributed by atoms with van der Waals surface area (Å²) < 4.78 is 2.61. The Balaban J connectivity index is 2.08. The van der Waals surface area contributed by atoms with Crippen molar-refractivity contribution in [1.82, 2.24) is 14.5 Å². The van der Waals surface area contributed by atoms with Crippen LogP contribution in [0.25, 0.3) is 0 Å². The maximum absolute atomic E-state index is 13.5. The van der Waals surface area contributed by atoms with Crippen LogP contribution in [0.2, 0.25) is 0 Å². The molecule has 1 heterocycles. The summed E-state index contributed by atoms with van der Waals surface area (Å²) in [5, 5.41) is 13.6. The number of hydrogen-bond acceptors (Lipinski definition) is 4. The van der Waals surface area contributed by atoms with E-state index in [-0.39, 0.29) is 23.1 Å². The van der Waals surface area contributed by atoms with Gasteiger partial charge in [0.1, 0.15) is 0 Å². The van der Waals surface area contributed by atoms with Crippen LogP contribution < -0.4 is 16.6 Å². The lowest BCUT2D eigenvalue weighted by Gasteiger charge is -2.38. The number of rotatable bonds is 4. The Morgan fingerprint density at radius 1 is 0.967 bits per heavy atom. The number of aromatic nitrogens is 2. The Morgan fingerprint density at radius 2 is 1.53 bits per heavy atom. The minimum Gasteiger partial charge on any atom is -0.494 e. The van der Waals surface area contributed by atoms with Gasteiger partial charge in [-0.2, -0.15) is 0 Å². The average Bonchev–Trinajstić information content (AvgIpc) is 2.68. The van der Waals surface area contributed by atoms with E-state index in [9.17, 15) is 19.5 Å². The maximum Gasteiger partial charge on any atom is 0.334 e. The van der Waals surface area contributed by atoms with E-state index in [0.717, 1.165) is 57.8 Å². The van der Waals surface area contributed by atoms with E-state index >= 15 is 0 Å². The lowest BCUT2D eigenvalue weighted by molar-refractivity contribution is 0.0945. The van der Waals surface area contributed by atoms with Gasteiger partial charge in [-0.05, 0) is 56.8 Å². The van der Waals surface area contributed by atoms with Gasteiger partial charge < -0.3 is 10.4 Å². The highest BCUT2D eigenvalue weighted by Gasteiger charge is 2.35. The molecule has 0 spiro atoms. The Kier molecular flexibility index (Phi) is 6.78. The lowest BCUT2D eigenvalue weighted by Crippen LogP contribution is -2.47. The molecule has 168 valence electrons. The van der Waals surface area contributed by atoms with E-state index in [2.05, 4.69) is 26.1 Å². The van der Waals surface area contributed by atoms with E-state index < -0.39 is 23.0 Å². The molecule has 1 aromatic rings. The zero-order valence-electron chi connectivity index (χ0n) is 18.9. The van der Waals surface area contributed by atoms with Crippen LogP contribution in [-0.2, 0) is 0 Å². The van der Waals surface area contributed by atoms with Gasteiger partial charge in [0.05, 0.1) is 0 Å². The zero-order valence-corrected chi connectivity index (χ0v) is 18.9. The van der Waals surface area contributed by atoms with Gasteiger partial charge in [0, 0.05) is 18.6 Å². The molecule has 1 amide bonds. The molecule has 2 saturated carbocycles. The summed E-state index contributed by atoms with van der Waals surface area (Å²) in [5.74, 6) is -0.525. The molecule has 0 saturated heterocycles. The fourth-order valence-corrected chi connectivity index (χ4v) is 5.27. The fourth-order valence-electron chi connectivity index (χ4n) is 5.27. The molecule has 0 radical (unpaired) electrons. The third-order valence-electron chi connectivity index (χ3n) is 7.09. The minimum absolute atomic E-state index is 0.195. The molecule has 2 fully saturated rings. The van der Waals surface area contributed by atoms with Gasteiger partial charge in [0.2, 0.25) is 5.88 Å². The Hall–Kier alpha value is -2.05. The molecule has 7 nitrogen and oxygen atoms in total. The summed E-state index contributed by atoms with van der Waals surface area (Å²) in [5.41, 5.74) is -1.21. The highest BCUT2D eigenvalue weighted by atomic mass is 16.3. The number of hydrogen-bond donors (Lipinski definition) is 2. The van der Waals surface area contributed by atoms with Crippen molar-refractivity contribution in [1.29, 1.82) is 0 Å². The molecule has 0 unspecified atom stereocenters. The van der Waals surface area contributed by atoms with E-state index in [4.69, 9.17) is 0 Å². The number of nitrogens with one attached hydrogen (secondary N) is 1. The second kappa shape index (κ2) is 8.98. The smallest absolute Gasteiger partial charge is 0.334 e. The van der Waals surface area contributed by atoms with Crippen LogP contribution in [0.3, 0.4) is 0 Å². The average molecular weight is 420 g/mol. The summed E-state index contributed by atoms with van der Waals surface area (Å²) in [6, 6.07) is -0.399. The van der Waals surface area contributed by atoms with E-state index in [1.165, 1.54) is 9.13 Å². The van der Waals surface area contributed by atoms with Gasteiger partial charge in [-0.3, -0.25) is 18.7 Å². The van der Waals surface area contributed by atoms with Crippen molar-refractivity contribution in [2.75, 3.05) is 6.54 Å². The summed E-state index contributed by atoms with van der Waals surface area (Å²) in [6.45, 7) is 8.81. The molecule has 0 atom stereocenters. The van der Waals surface area contributed by atoms with Gasteiger partial charge >= 0.3 is 5.69 Å². The predicted octanol–water partition coefficient (Wildman–Crippen LogP) is 3.75. The normalized spacial score (nSPS) is 23.3. The molecule has 0 aliphatic heterocycles. The Morgan fingerprint density at radius 3 is 2.07 bits per heavy atom. The van der Waals surface area contributed by atoms with Crippen molar-refractivity contribution >= 4 is 5.91 Å². The first-order valence-corrected chi connectivity index (χ1v) is 11.5. The topological polar surface area (TPSA) is 93.3 Å². The van der Waals surface area contributed by atoms with Crippen molar-refractivity contribution in [3.63, 3.8) is 0 Å². The second-order valence-electron chi connectivity index (χ2n) is 10.0. The van der Waals surface area contributed by atoms with Gasteiger partial charge in [0.25, 0.3) is 11.5 Å². The third-order valence-corrected chi connectivity index (χ3v) is 7.09. The Labute approximate surface area is 178 Å². The number of carbonyl (C=O) groups excluding carboxylic acids is 1. The van der Waals surface area contributed by atoms with E-state index in [0.29, 0.717) is 12.5 Å². The third kappa shape index (κ3) is 4.35. The molecule has 0 bridgehead atoms. The molecule has 3 rings (SSSR count). The van der Waals surface area contributed by atoms with Crippen molar-refractivity contribution in [3.05, 3.63) is 26.4 Å². The van der Waals surface area contributed by atoms with E-state index in [1.54, 1.807) is 6.92 Å². The SMILES string of the molecule is CCNC(=O)c1c(O)n(C2CCC(C(C)(C)C)CC2)c(=O)n(C2CCCCC2)c1=O. The molecule has 30 heavy (non-hydrogen) atoms. The molecule has 0 aromatic carbocycles. The van der Waals surface area contributed by atoms with Crippen LogP contribution in [0.15, 0.2) is 9.59 Å². The van der Waals surface area contributed by atoms with Crippen LogP contribution in [0.1, 0.15) is 108 Å². The molecule has 2 aliphatic carbocycles. The molecule has 2 aliphatic rings. The van der Waals surface area contributed by atoms with Crippen LogP contribution in [0, 0.1) is 11.3 Å². The fraction of sp³-hybridized carbons (Fsp3) is 0.783. The molecular formula is C23H37N3O4. The second-order valence-corrected chi connectivity index (χ2v) is 10.0.